The molecule has 7 heteroatoms. The number of aromatic nitrogens is 2. The molecule has 0 bridgehead atoms. The number of piperidine rings is 1. The number of carbonyl (C=O) groups is 2. The van der Waals surface area contributed by atoms with Crippen LogP contribution < -0.4 is 10.5 Å². The molecular weight excluding hydrogens is 404 g/mol. The first-order valence-electron chi connectivity index (χ1n) is 10.9. The Bertz CT molecular complexity index is 1080. The summed E-state index contributed by atoms with van der Waals surface area (Å²) >= 11 is 0. The second-order valence-electron chi connectivity index (χ2n) is 8.16. The van der Waals surface area contributed by atoms with Gasteiger partial charge in [0.25, 0.3) is 5.91 Å². The smallest absolute Gasteiger partial charge is 0.274 e. The van der Waals surface area contributed by atoms with Gasteiger partial charge in [-0.1, -0.05) is 18.2 Å². The van der Waals surface area contributed by atoms with Crippen LogP contribution in [0.15, 0.2) is 60.7 Å². The van der Waals surface area contributed by atoms with Crippen molar-refractivity contribution in [2.75, 3.05) is 20.2 Å². The molecule has 0 radical (unpaired) electrons. The zero-order chi connectivity index (χ0) is 22.5. The van der Waals surface area contributed by atoms with Crippen molar-refractivity contribution in [1.82, 2.24) is 14.7 Å². The first kappa shape index (κ1) is 21.6. The number of amides is 2. The molecule has 2 N–H and O–H groups in total. The van der Waals surface area contributed by atoms with Gasteiger partial charge < -0.3 is 15.4 Å². The predicted molar refractivity (Wildman–Crippen MR) is 123 cm³/mol. The predicted octanol–water partition coefficient (Wildman–Crippen LogP) is 3.67. The number of benzene rings is 2. The van der Waals surface area contributed by atoms with Crippen LogP contribution in [-0.4, -0.2) is 46.7 Å². The average Bonchev–Trinajstić information content (AvgIpc) is 3.28. The Morgan fingerprint density at radius 1 is 1.12 bits per heavy atom. The molecule has 3 aromatic rings. The van der Waals surface area contributed by atoms with Crippen molar-refractivity contribution in [2.45, 2.75) is 25.7 Å². The minimum Gasteiger partial charge on any atom is -0.497 e. The van der Waals surface area contributed by atoms with E-state index in [4.69, 9.17) is 15.6 Å². The summed E-state index contributed by atoms with van der Waals surface area (Å²) in [7, 11) is 1.63. The van der Waals surface area contributed by atoms with Crippen molar-refractivity contribution in [2.24, 2.45) is 11.7 Å². The number of para-hydroxylation sites is 1. The van der Waals surface area contributed by atoms with Gasteiger partial charge in [-0.05, 0) is 67.6 Å². The van der Waals surface area contributed by atoms with Gasteiger partial charge >= 0.3 is 0 Å². The maximum Gasteiger partial charge on any atom is 0.274 e. The van der Waals surface area contributed by atoms with Crippen LogP contribution in [0.2, 0.25) is 0 Å². The molecule has 0 aliphatic carbocycles. The highest BCUT2D eigenvalue weighted by atomic mass is 16.5. The van der Waals surface area contributed by atoms with Crippen molar-refractivity contribution in [1.29, 1.82) is 0 Å². The first-order valence-corrected chi connectivity index (χ1v) is 10.9. The molecule has 2 heterocycles. The van der Waals surface area contributed by atoms with Crippen LogP contribution in [0.4, 0.5) is 0 Å². The van der Waals surface area contributed by atoms with Gasteiger partial charge in [0.15, 0.2) is 5.69 Å². The maximum absolute atomic E-state index is 13.4. The molecule has 1 unspecified atom stereocenters. The van der Waals surface area contributed by atoms with Crippen molar-refractivity contribution in [3.05, 3.63) is 66.4 Å². The van der Waals surface area contributed by atoms with E-state index in [2.05, 4.69) is 0 Å². The molecule has 2 aromatic carbocycles. The number of likely N-dealkylation sites (tertiary alicyclic amines) is 1. The number of ether oxygens (including phenoxy) is 1. The molecule has 32 heavy (non-hydrogen) atoms. The van der Waals surface area contributed by atoms with Gasteiger partial charge in [-0.15, -0.1) is 0 Å². The molecule has 166 valence electrons. The number of methoxy groups -OCH3 is 1. The maximum atomic E-state index is 13.4. The van der Waals surface area contributed by atoms with Crippen LogP contribution in [-0.2, 0) is 4.79 Å². The first-order chi connectivity index (χ1) is 15.5. The standard InChI is InChI=1S/C25H28N4O3/c1-32-21-12-10-19(11-13-21)23-16-22(27-29(23)20-7-3-2-4-8-20)25(31)28-15-5-6-18(17-28)9-14-24(26)30/h2-4,7-8,10-13,16,18H,5-6,9,14-15,17H2,1H3,(H2,26,30). The van der Waals surface area contributed by atoms with E-state index in [1.54, 1.807) is 7.11 Å². The van der Waals surface area contributed by atoms with Crippen LogP contribution in [0.3, 0.4) is 0 Å². The Labute approximate surface area is 187 Å². The van der Waals surface area contributed by atoms with E-state index in [9.17, 15) is 9.59 Å². The van der Waals surface area contributed by atoms with Gasteiger partial charge in [-0.2, -0.15) is 5.10 Å². The van der Waals surface area contributed by atoms with Gasteiger partial charge in [-0.3, -0.25) is 9.59 Å². The van der Waals surface area contributed by atoms with E-state index < -0.39 is 0 Å². The summed E-state index contributed by atoms with van der Waals surface area (Å²) in [5.41, 5.74) is 8.38. The second kappa shape index (κ2) is 9.68. The minimum absolute atomic E-state index is 0.0850. The van der Waals surface area contributed by atoms with Crippen molar-refractivity contribution in [3.63, 3.8) is 0 Å². The number of rotatable bonds is 7. The topological polar surface area (TPSA) is 90.4 Å². The Morgan fingerprint density at radius 3 is 2.56 bits per heavy atom. The molecule has 1 atom stereocenters. The molecule has 1 aliphatic rings. The Hall–Kier alpha value is -3.61. The Kier molecular flexibility index (Phi) is 6.54. The zero-order valence-corrected chi connectivity index (χ0v) is 18.2. The fourth-order valence-corrected chi connectivity index (χ4v) is 4.21. The van der Waals surface area contributed by atoms with E-state index in [1.807, 2.05) is 70.2 Å². The molecule has 4 rings (SSSR count). The number of carbonyl (C=O) groups excluding carboxylic acids is 2. The molecule has 1 fully saturated rings. The third kappa shape index (κ3) is 4.82. The molecule has 7 nitrogen and oxygen atoms in total. The second-order valence-corrected chi connectivity index (χ2v) is 8.16. The summed E-state index contributed by atoms with van der Waals surface area (Å²) in [5, 5.41) is 4.69. The van der Waals surface area contributed by atoms with E-state index >= 15 is 0 Å². The van der Waals surface area contributed by atoms with Crippen LogP contribution in [0.25, 0.3) is 16.9 Å². The van der Waals surface area contributed by atoms with E-state index in [-0.39, 0.29) is 17.7 Å². The fourth-order valence-electron chi connectivity index (χ4n) is 4.21. The molecule has 1 aromatic heterocycles. The van der Waals surface area contributed by atoms with E-state index in [0.717, 1.165) is 35.5 Å². The van der Waals surface area contributed by atoms with Crippen molar-refractivity contribution >= 4 is 11.8 Å². The van der Waals surface area contributed by atoms with Gasteiger partial charge in [0.2, 0.25) is 5.91 Å². The summed E-state index contributed by atoms with van der Waals surface area (Å²) in [6.07, 6.45) is 3.00. The minimum atomic E-state index is -0.292. The van der Waals surface area contributed by atoms with Gasteiger partial charge in [-0.25, -0.2) is 4.68 Å². The van der Waals surface area contributed by atoms with Crippen molar-refractivity contribution < 1.29 is 14.3 Å². The summed E-state index contributed by atoms with van der Waals surface area (Å²) in [6, 6.07) is 19.4. The third-order valence-electron chi connectivity index (χ3n) is 5.92. The van der Waals surface area contributed by atoms with Crippen LogP contribution in [0, 0.1) is 5.92 Å². The van der Waals surface area contributed by atoms with E-state index in [1.165, 1.54) is 0 Å². The normalized spacial score (nSPS) is 16.0. The number of nitrogens with zero attached hydrogens (tertiary/aromatic N) is 3. The fraction of sp³-hybridized carbons (Fsp3) is 0.320. The van der Waals surface area contributed by atoms with Gasteiger partial charge in [0, 0.05) is 25.1 Å². The summed E-state index contributed by atoms with van der Waals surface area (Å²) in [6.45, 7) is 1.32. The van der Waals surface area contributed by atoms with Crippen molar-refractivity contribution in [3.8, 4) is 22.7 Å². The lowest BCUT2D eigenvalue weighted by Gasteiger charge is -2.32. The molecule has 0 spiro atoms. The SMILES string of the molecule is COc1ccc(-c2cc(C(=O)N3CCCC(CCC(N)=O)C3)nn2-c2ccccc2)cc1. The zero-order valence-electron chi connectivity index (χ0n) is 18.2. The quantitative estimate of drug-likeness (QED) is 0.617. The highest BCUT2D eigenvalue weighted by Crippen LogP contribution is 2.28. The van der Waals surface area contributed by atoms with Gasteiger partial charge in [0.05, 0.1) is 18.5 Å². The molecule has 0 saturated carbocycles. The molecular formula is C25H28N4O3. The Balaban J connectivity index is 1.63. The van der Waals surface area contributed by atoms with Crippen LogP contribution >= 0.6 is 0 Å². The lowest BCUT2D eigenvalue weighted by molar-refractivity contribution is -0.118. The number of primary amides is 1. The average molecular weight is 433 g/mol. The Morgan fingerprint density at radius 2 is 1.88 bits per heavy atom. The molecule has 1 aliphatic heterocycles. The lowest BCUT2D eigenvalue weighted by atomic mass is 9.93. The summed E-state index contributed by atoms with van der Waals surface area (Å²) in [4.78, 5) is 26.4. The number of nitrogens with two attached hydrogens (primary N) is 1. The number of hydrogen-bond acceptors (Lipinski definition) is 4. The molecule has 1 saturated heterocycles. The third-order valence-corrected chi connectivity index (χ3v) is 5.92. The van der Waals surface area contributed by atoms with Crippen LogP contribution in [0.1, 0.15) is 36.2 Å². The highest BCUT2D eigenvalue weighted by molar-refractivity contribution is 5.93. The largest absolute Gasteiger partial charge is 0.497 e. The summed E-state index contributed by atoms with van der Waals surface area (Å²) in [5.74, 6) is 0.681. The molecule has 2 amide bonds. The summed E-state index contributed by atoms with van der Waals surface area (Å²) < 4.78 is 7.08. The highest BCUT2D eigenvalue weighted by Gasteiger charge is 2.27. The van der Waals surface area contributed by atoms with Crippen LogP contribution in [0.5, 0.6) is 5.75 Å². The van der Waals surface area contributed by atoms with Gasteiger partial charge in [0.1, 0.15) is 5.75 Å². The monoisotopic (exact) mass is 432 g/mol. The lowest BCUT2D eigenvalue weighted by Crippen LogP contribution is -2.40. The number of hydrogen-bond donors (Lipinski definition) is 1. The van der Waals surface area contributed by atoms with E-state index in [0.29, 0.717) is 31.6 Å².